The van der Waals surface area contributed by atoms with Gasteiger partial charge in [-0.05, 0) is 40.5 Å². The SMILES string of the molecule is Cc1c(C(=O)Cl)c2c(Br)cn(C)c(=O)c2n1COCC[Si](C)(C)C. The Morgan fingerprint density at radius 1 is 1.38 bits per heavy atom. The first-order valence-electron chi connectivity index (χ1n) is 7.70. The van der Waals surface area contributed by atoms with Crippen molar-refractivity contribution in [3.05, 3.63) is 32.3 Å². The van der Waals surface area contributed by atoms with Crippen molar-refractivity contribution in [2.24, 2.45) is 7.05 Å². The van der Waals surface area contributed by atoms with E-state index in [4.69, 9.17) is 16.3 Å². The summed E-state index contributed by atoms with van der Waals surface area (Å²) in [6, 6.07) is 1.04. The molecule has 0 aliphatic rings. The molecule has 0 fully saturated rings. The molecule has 2 aromatic rings. The van der Waals surface area contributed by atoms with E-state index in [0.717, 1.165) is 6.04 Å². The Kier molecular flexibility index (Phi) is 5.79. The Labute approximate surface area is 155 Å². The van der Waals surface area contributed by atoms with Crippen molar-refractivity contribution in [2.45, 2.75) is 39.3 Å². The van der Waals surface area contributed by atoms with Gasteiger partial charge in [-0.3, -0.25) is 9.59 Å². The average Bonchev–Trinajstić information content (AvgIpc) is 2.74. The van der Waals surface area contributed by atoms with E-state index in [0.29, 0.717) is 33.2 Å². The summed E-state index contributed by atoms with van der Waals surface area (Å²) in [5, 5.41) is -0.0308. The van der Waals surface area contributed by atoms with E-state index in [1.165, 1.54) is 4.57 Å². The highest BCUT2D eigenvalue weighted by molar-refractivity contribution is 9.10. The molecular formula is C16H22BrClN2O3Si. The highest BCUT2D eigenvalue weighted by Crippen LogP contribution is 2.31. The van der Waals surface area contributed by atoms with Crippen molar-refractivity contribution >= 4 is 51.8 Å². The zero-order valence-corrected chi connectivity index (χ0v) is 17.9. The van der Waals surface area contributed by atoms with Crippen LogP contribution in [0.2, 0.25) is 25.7 Å². The number of hydrogen-bond donors (Lipinski definition) is 0. The van der Waals surface area contributed by atoms with Crippen molar-refractivity contribution < 1.29 is 9.53 Å². The first kappa shape index (κ1) is 19.4. The van der Waals surface area contributed by atoms with Crippen LogP contribution in [0.3, 0.4) is 0 Å². The van der Waals surface area contributed by atoms with Crippen LogP contribution in [0.5, 0.6) is 0 Å². The molecule has 0 radical (unpaired) electrons. The van der Waals surface area contributed by atoms with Crippen molar-refractivity contribution in [3.8, 4) is 0 Å². The van der Waals surface area contributed by atoms with Gasteiger partial charge in [0.05, 0.1) is 5.56 Å². The largest absolute Gasteiger partial charge is 0.361 e. The average molecular weight is 434 g/mol. The number of ether oxygens (including phenoxy) is 1. The second-order valence-electron chi connectivity index (χ2n) is 7.13. The molecule has 0 atom stereocenters. The van der Waals surface area contributed by atoms with Crippen molar-refractivity contribution in [1.82, 2.24) is 9.13 Å². The summed E-state index contributed by atoms with van der Waals surface area (Å²) in [5.41, 5.74) is 1.24. The number of aromatic nitrogens is 2. The highest BCUT2D eigenvalue weighted by atomic mass is 79.9. The number of hydrogen-bond acceptors (Lipinski definition) is 3. The van der Waals surface area contributed by atoms with Gasteiger partial charge in [0.1, 0.15) is 12.2 Å². The molecule has 0 N–H and O–H groups in total. The van der Waals surface area contributed by atoms with Crippen LogP contribution in [0.25, 0.3) is 10.9 Å². The van der Waals surface area contributed by atoms with Gasteiger partial charge >= 0.3 is 0 Å². The first-order chi connectivity index (χ1) is 11.0. The van der Waals surface area contributed by atoms with Gasteiger partial charge in [-0.1, -0.05) is 19.6 Å². The van der Waals surface area contributed by atoms with Crippen LogP contribution in [0.4, 0.5) is 0 Å². The van der Waals surface area contributed by atoms with Crippen molar-refractivity contribution in [2.75, 3.05) is 6.61 Å². The summed E-state index contributed by atoms with van der Waals surface area (Å²) in [6.45, 7) is 9.48. The van der Waals surface area contributed by atoms with Crippen LogP contribution < -0.4 is 5.56 Å². The van der Waals surface area contributed by atoms with E-state index in [2.05, 4.69) is 35.6 Å². The fourth-order valence-corrected chi connectivity index (χ4v) is 4.27. The lowest BCUT2D eigenvalue weighted by Crippen LogP contribution is -2.23. The number of rotatable bonds is 6. The monoisotopic (exact) mass is 432 g/mol. The lowest BCUT2D eigenvalue weighted by Gasteiger charge is -2.16. The van der Waals surface area contributed by atoms with E-state index in [1.54, 1.807) is 24.7 Å². The molecule has 0 aromatic carbocycles. The number of carbonyl (C=O) groups excluding carboxylic acids is 1. The van der Waals surface area contributed by atoms with Gasteiger partial charge in [0.25, 0.3) is 10.8 Å². The third-order valence-electron chi connectivity index (χ3n) is 4.01. The number of nitrogens with zero attached hydrogens (tertiary/aromatic N) is 2. The maximum atomic E-state index is 12.6. The quantitative estimate of drug-likeness (QED) is 0.391. The fourth-order valence-electron chi connectivity index (χ4n) is 2.59. The normalized spacial score (nSPS) is 12.1. The number of carbonyl (C=O) groups is 1. The van der Waals surface area contributed by atoms with Crippen molar-refractivity contribution in [3.63, 3.8) is 0 Å². The molecule has 2 heterocycles. The molecule has 0 amide bonds. The zero-order valence-electron chi connectivity index (χ0n) is 14.6. The summed E-state index contributed by atoms with van der Waals surface area (Å²) < 4.78 is 9.67. The second-order valence-corrected chi connectivity index (χ2v) is 13.9. The number of pyridine rings is 1. The number of halogens is 2. The summed E-state index contributed by atoms with van der Waals surface area (Å²) in [6.07, 6.45) is 1.64. The van der Waals surface area contributed by atoms with Gasteiger partial charge in [0.15, 0.2) is 0 Å². The van der Waals surface area contributed by atoms with E-state index in [9.17, 15) is 9.59 Å². The van der Waals surface area contributed by atoms with Crippen LogP contribution in [0.1, 0.15) is 16.1 Å². The highest BCUT2D eigenvalue weighted by Gasteiger charge is 2.24. The molecule has 8 heteroatoms. The Morgan fingerprint density at radius 2 is 2.00 bits per heavy atom. The van der Waals surface area contributed by atoms with Gasteiger partial charge in [-0.2, -0.15) is 0 Å². The minimum atomic E-state index is -1.19. The molecule has 0 spiro atoms. The van der Waals surface area contributed by atoms with Crippen LogP contribution in [0, 0.1) is 6.92 Å². The lowest BCUT2D eigenvalue weighted by atomic mass is 10.2. The minimum absolute atomic E-state index is 0.186. The molecule has 2 rings (SSSR count). The van der Waals surface area contributed by atoms with Gasteiger partial charge < -0.3 is 13.9 Å². The first-order valence-corrected chi connectivity index (χ1v) is 12.6. The predicted molar refractivity (Wildman–Crippen MR) is 104 cm³/mol. The fraction of sp³-hybridized carbons (Fsp3) is 0.500. The Morgan fingerprint density at radius 3 is 2.54 bits per heavy atom. The summed E-state index contributed by atoms with van der Waals surface area (Å²) >= 11 is 9.21. The molecule has 2 aromatic heterocycles. The maximum absolute atomic E-state index is 12.6. The molecule has 0 bridgehead atoms. The van der Waals surface area contributed by atoms with Gasteiger partial charge in [-0.25, -0.2) is 0 Å². The Bertz CT molecular complexity index is 852. The lowest BCUT2D eigenvalue weighted by molar-refractivity contribution is 0.0886. The van der Waals surface area contributed by atoms with E-state index in [1.807, 2.05) is 0 Å². The smallest absolute Gasteiger partial charge is 0.274 e. The molecule has 0 saturated carbocycles. The van der Waals surface area contributed by atoms with Crippen LogP contribution in [-0.2, 0) is 18.5 Å². The molecular weight excluding hydrogens is 412 g/mol. The summed E-state index contributed by atoms with van der Waals surface area (Å²) in [5.74, 6) is 0. The van der Waals surface area contributed by atoms with E-state index < -0.39 is 13.3 Å². The molecule has 132 valence electrons. The van der Waals surface area contributed by atoms with Gasteiger partial charge in [0.2, 0.25) is 0 Å². The van der Waals surface area contributed by atoms with E-state index in [-0.39, 0.29) is 12.3 Å². The standard InChI is InChI=1S/C16H22BrClN2O3Si/c1-10-12(15(18)21)13-11(17)8-19(2)16(22)14(13)20(10)9-23-6-7-24(3,4)5/h8H,6-7,9H2,1-5H3. The molecule has 0 aliphatic carbocycles. The third-order valence-corrected chi connectivity index (χ3v) is 6.50. The third kappa shape index (κ3) is 3.85. The zero-order chi connectivity index (χ0) is 18.2. The summed E-state index contributed by atoms with van der Waals surface area (Å²) in [4.78, 5) is 24.5. The van der Waals surface area contributed by atoms with E-state index >= 15 is 0 Å². The Balaban J connectivity index is 2.51. The molecule has 0 unspecified atom stereocenters. The van der Waals surface area contributed by atoms with Crippen LogP contribution >= 0.6 is 27.5 Å². The molecule has 24 heavy (non-hydrogen) atoms. The minimum Gasteiger partial charge on any atom is -0.361 e. The van der Waals surface area contributed by atoms with Gasteiger partial charge in [-0.15, -0.1) is 0 Å². The van der Waals surface area contributed by atoms with Crippen LogP contribution in [-0.4, -0.2) is 29.1 Å². The Hall–Kier alpha value is -0.893. The topological polar surface area (TPSA) is 53.2 Å². The second kappa shape index (κ2) is 7.15. The number of aryl methyl sites for hydroxylation is 1. The number of fused-ring (bicyclic) bond motifs is 1. The molecule has 5 nitrogen and oxygen atoms in total. The molecule has 0 aliphatic heterocycles. The van der Waals surface area contributed by atoms with Crippen molar-refractivity contribution in [1.29, 1.82) is 0 Å². The molecule has 0 saturated heterocycles. The summed E-state index contributed by atoms with van der Waals surface area (Å²) in [7, 11) is 0.487. The predicted octanol–water partition coefficient (Wildman–Crippen LogP) is 4.10. The maximum Gasteiger partial charge on any atom is 0.274 e. The van der Waals surface area contributed by atoms with Gasteiger partial charge in [0, 0.05) is 43.5 Å². The van der Waals surface area contributed by atoms with Crippen LogP contribution in [0.15, 0.2) is 15.5 Å².